The topological polar surface area (TPSA) is 50.4 Å². The van der Waals surface area contributed by atoms with Crippen molar-refractivity contribution in [2.45, 2.75) is 39.8 Å². The first-order valence-corrected chi connectivity index (χ1v) is 8.15. The van der Waals surface area contributed by atoms with Crippen molar-refractivity contribution in [1.82, 2.24) is 5.32 Å². The molecule has 0 fully saturated rings. The third kappa shape index (κ3) is 6.42. The Balaban J connectivity index is 1.85. The molecule has 2 aromatic carbocycles. The van der Waals surface area contributed by atoms with Crippen LogP contribution < -0.4 is 15.4 Å². The molecular weight excluding hydrogens is 300 g/mol. The Hall–Kier alpha value is -2.33. The number of hydrogen-bond acceptors (Lipinski definition) is 3. The molecule has 0 saturated heterocycles. The zero-order chi connectivity index (χ0) is 17.6. The predicted molar refractivity (Wildman–Crippen MR) is 98.3 cm³/mol. The fourth-order valence-corrected chi connectivity index (χ4v) is 2.10. The molecule has 2 rings (SSSR count). The third-order valence-corrected chi connectivity index (χ3v) is 3.43. The molecule has 0 radical (unpaired) electrons. The van der Waals surface area contributed by atoms with Crippen LogP contribution in [0.25, 0.3) is 0 Å². The second-order valence-corrected chi connectivity index (χ2v) is 6.95. The summed E-state index contributed by atoms with van der Waals surface area (Å²) in [6.45, 7) is 9.14. The van der Waals surface area contributed by atoms with Crippen molar-refractivity contribution >= 4 is 11.6 Å². The lowest BCUT2D eigenvalue weighted by molar-refractivity contribution is -0.118. The number of anilines is 1. The maximum atomic E-state index is 12.0. The van der Waals surface area contributed by atoms with Crippen molar-refractivity contribution in [3.05, 3.63) is 59.7 Å². The van der Waals surface area contributed by atoms with Gasteiger partial charge in [0.15, 0.2) is 6.61 Å². The zero-order valence-corrected chi connectivity index (χ0v) is 14.8. The van der Waals surface area contributed by atoms with Gasteiger partial charge in [0.05, 0.1) is 0 Å². The van der Waals surface area contributed by atoms with Crippen molar-refractivity contribution in [2.24, 2.45) is 0 Å². The third-order valence-electron chi connectivity index (χ3n) is 3.43. The minimum absolute atomic E-state index is 0.00989. The highest BCUT2D eigenvalue weighted by molar-refractivity contribution is 5.91. The number of ether oxygens (including phenoxy) is 1. The molecule has 2 N–H and O–H groups in total. The van der Waals surface area contributed by atoms with Gasteiger partial charge in [0.2, 0.25) is 0 Å². The zero-order valence-electron chi connectivity index (χ0n) is 14.8. The van der Waals surface area contributed by atoms with Crippen molar-refractivity contribution in [3.63, 3.8) is 0 Å². The van der Waals surface area contributed by atoms with Crippen molar-refractivity contribution in [1.29, 1.82) is 0 Å². The molecule has 0 aliphatic carbocycles. The molecule has 4 heteroatoms. The fourth-order valence-electron chi connectivity index (χ4n) is 2.10. The van der Waals surface area contributed by atoms with Gasteiger partial charge in [0.1, 0.15) is 5.75 Å². The van der Waals surface area contributed by atoms with Crippen LogP contribution in [-0.4, -0.2) is 18.1 Å². The number of hydrogen-bond donors (Lipinski definition) is 2. The van der Waals surface area contributed by atoms with Crippen LogP contribution in [0.3, 0.4) is 0 Å². The van der Waals surface area contributed by atoms with Crippen LogP contribution in [0, 0.1) is 6.92 Å². The quantitative estimate of drug-likeness (QED) is 0.846. The smallest absolute Gasteiger partial charge is 0.262 e. The van der Waals surface area contributed by atoms with Crippen LogP contribution >= 0.6 is 0 Å². The molecular formula is C20H26N2O2. The Morgan fingerprint density at radius 1 is 1.08 bits per heavy atom. The van der Waals surface area contributed by atoms with Gasteiger partial charge in [0.25, 0.3) is 5.91 Å². The lowest BCUT2D eigenvalue weighted by atomic mass is 10.1. The van der Waals surface area contributed by atoms with Gasteiger partial charge in [0, 0.05) is 17.8 Å². The minimum atomic E-state index is -0.169. The molecule has 0 aromatic heterocycles. The first-order chi connectivity index (χ1) is 11.3. The number of carbonyl (C=O) groups excluding carboxylic acids is 1. The van der Waals surface area contributed by atoms with Crippen LogP contribution in [-0.2, 0) is 11.3 Å². The molecule has 0 saturated carbocycles. The molecule has 0 heterocycles. The summed E-state index contributed by atoms with van der Waals surface area (Å²) in [5.74, 6) is 0.527. The number of benzene rings is 2. The number of rotatable bonds is 6. The van der Waals surface area contributed by atoms with E-state index < -0.39 is 0 Å². The van der Waals surface area contributed by atoms with Crippen LogP contribution in [0.4, 0.5) is 5.69 Å². The van der Waals surface area contributed by atoms with Gasteiger partial charge in [-0.25, -0.2) is 0 Å². The maximum Gasteiger partial charge on any atom is 0.262 e. The molecule has 0 aliphatic rings. The standard InChI is InChI=1S/C20H26N2O2/c1-15-8-10-17(11-9-15)22-19(23)14-24-18-7-5-6-16(12-18)13-21-20(2,3)4/h5-12,21H,13-14H2,1-4H3,(H,22,23). The van der Waals surface area contributed by atoms with Gasteiger partial charge in [-0.15, -0.1) is 0 Å². The van der Waals surface area contributed by atoms with E-state index in [0.717, 1.165) is 23.4 Å². The summed E-state index contributed by atoms with van der Waals surface area (Å²) in [4.78, 5) is 12.0. The highest BCUT2D eigenvalue weighted by Gasteiger charge is 2.09. The summed E-state index contributed by atoms with van der Waals surface area (Å²) < 4.78 is 5.60. The SMILES string of the molecule is Cc1ccc(NC(=O)COc2cccc(CNC(C)(C)C)c2)cc1. The van der Waals surface area contributed by atoms with Crippen molar-refractivity contribution in [3.8, 4) is 5.75 Å². The van der Waals surface area contributed by atoms with E-state index in [9.17, 15) is 4.79 Å². The fraction of sp³-hybridized carbons (Fsp3) is 0.350. The van der Waals surface area contributed by atoms with Crippen LogP contribution in [0.5, 0.6) is 5.75 Å². The van der Waals surface area contributed by atoms with E-state index in [1.54, 1.807) is 0 Å². The second kappa shape index (κ2) is 7.97. The minimum Gasteiger partial charge on any atom is -0.484 e. The highest BCUT2D eigenvalue weighted by atomic mass is 16.5. The number of nitrogens with one attached hydrogen (secondary N) is 2. The number of carbonyl (C=O) groups is 1. The summed E-state index contributed by atoms with van der Waals surface area (Å²) in [6, 6.07) is 15.5. The average molecular weight is 326 g/mol. The molecule has 2 aromatic rings. The van der Waals surface area contributed by atoms with Gasteiger partial charge in [-0.2, -0.15) is 0 Å². The molecule has 128 valence electrons. The Morgan fingerprint density at radius 2 is 1.79 bits per heavy atom. The Bertz CT molecular complexity index is 673. The monoisotopic (exact) mass is 326 g/mol. The molecule has 0 aliphatic heterocycles. The number of amides is 1. The Labute approximate surface area is 144 Å². The van der Waals surface area contributed by atoms with E-state index in [-0.39, 0.29) is 18.1 Å². The van der Waals surface area contributed by atoms with Gasteiger partial charge in [-0.3, -0.25) is 4.79 Å². The summed E-state index contributed by atoms with van der Waals surface area (Å²) in [5.41, 5.74) is 3.12. The molecule has 0 bridgehead atoms. The predicted octanol–water partition coefficient (Wildman–Crippen LogP) is 3.90. The van der Waals surface area contributed by atoms with Crippen LogP contribution in [0.1, 0.15) is 31.9 Å². The second-order valence-electron chi connectivity index (χ2n) is 6.95. The van der Waals surface area contributed by atoms with E-state index in [1.165, 1.54) is 0 Å². The van der Waals surface area contributed by atoms with E-state index in [0.29, 0.717) is 5.75 Å². The van der Waals surface area contributed by atoms with Gasteiger partial charge in [-0.1, -0.05) is 29.8 Å². The van der Waals surface area contributed by atoms with Crippen LogP contribution in [0.2, 0.25) is 0 Å². The lowest BCUT2D eigenvalue weighted by Gasteiger charge is -2.20. The lowest BCUT2D eigenvalue weighted by Crippen LogP contribution is -2.35. The summed E-state index contributed by atoms with van der Waals surface area (Å²) in [6.07, 6.45) is 0. The highest BCUT2D eigenvalue weighted by Crippen LogP contribution is 2.15. The molecule has 0 spiro atoms. The van der Waals surface area contributed by atoms with E-state index in [2.05, 4.69) is 31.4 Å². The normalized spacial score (nSPS) is 11.2. The maximum absolute atomic E-state index is 12.0. The van der Waals surface area contributed by atoms with Gasteiger partial charge >= 0.3 is 0 Å². The van der Waals surface area contributed by atoms with E-state index in [1.807, 2.05) is 55.5 Å². The molecule has 0 unspecified atom stereocenters. The molecule has 1 amide bonds. The first kappa shape index (κ1) is 18.0. The van der Waals surface area contributed by atoms with Gasteiger partial charge in [-0.05, 0) is 57.5 Å². The Kier molecular flexibility index (Phi) is 5.99. The van der Waals surface area contributed by atoms with Crippen molar-refractivity contribution in [2.75, 3.05) is 11.9 Å². The number of aryl methyl sites for hydroxylation is 1. The van der Waals surface area contributed by atoms with Crippen molar-refractivity contribution < 1.29 is 9.53 Å². The first-order valence-electron chi connectivity index (χ1n) is 8.15. The Morgan fingerprint density at radius 3 is 2.46 bits per heavy atom. The van der Waals surface area contributed by atoms with Crippen LogP contribution in [0.15, 0.2) is 48.5 Å². The van der Waals surface area contributed by atoms with E-state index in [4.69, 9.17) is 4.74 Å². The molecule has 24 heavy (non-hydrogen) atoms. The van der Waals surface area contributed by atoms with E-state index >= 15 is 0 Å². The summed E-state index contributed by atoms with van der Waals surface area (Å²) >= 11 is 0. The summed E-state index contributed by atoms with van der Waals surface area (Å²) in [7, 11) is 0. The van der Waals surface area contributed by atoms with Gasteiger partial charge < -0.3 is 15.4 Å². The summed E-state index contributed by atoms with van der Waals surface area (Å²) in [5, 5.41) is 6.26. The molecule has 0 atom stereocenters. The largest absolute Gasteiger partial charge is 0.484 e. The molecule has 4 nitrogen and oxygen atoms in total. The average Bonchev–Trinajstić information content (AvgIpc) is 2.53.